The number of anilines is 1. The molecule has 42 heavy (non-hydrogen) atoms. The van der Waals surface area contributed by atoms with Gasteiger partial charge in [-0.15, -0.1) is 0 Å². The molecule has 4 aromatic carbocycles. The number of carboxylic acid groups (broad SMARTS) is 1. The molecule has 5 aromatic rings. The lowest BCUT2D eigenvalue weighted by molar-refractivity contribution is -0.137. The van der Waals surface area contributed by atoms with Gasteiger partial charge in [-0.2, -0.15) is 0 Å². The molecular weight excluding hydrogens is 548 g/mol. The Hall–Kier alpha value is -4.81. The minimum absolute atomic E-state index is 0.00408. The zero-order chi connectivity index (χ0) is 29.5. The summed E-state index contributed by atoms with van der Waals surface area (Å²) in [7, 11) is 0. The Labute approximate surface area is 249 Å². The van der Waals surface area contributed by atoms with Crippen LogP contribution in [-0.4, -0.2) is 28.2 Å². The molecule has 0 unspecified atom stereocenters. The molecule has 0 fully saturated rings. The van der Waals surface area contributed by atoms with Gasteiger partial charge in [-0.05, 0) is 72.0 Å². The predicted octanol–water partition coefficient (Wildman–Crippen LogP) is 8.22. The summed E-state index contributed by atoms with van der Waals surface area (Å²) in [5, 5.41) is 13.2. The van der Waals surface area contributed by atoms with Gasteiger partial charge in [-0.25, -0.2) is 0 Å². The average molecular weight is 579 g/mol. The van der Waals surface area contributed by atoms with E-state index in [4.69, 9.17) is 21.4 Å². The first-order chi connectivity index (χ1) is 20.4. The fourth-order valence-corrected chi connectivity index (χ4v) is 5.17. The highest BCUT2D eigenvalue weighted by molar-refractivity contribution is 6.31. The largest absolute Gasteiger partial charge is 0.491 e. The monoisotopic (exact) mass is 578 g/mol. The van der Waals surface area contributed by atoms with E-state index in [1.165, 1.54) is 11.1 Å². The molecule has 0 saturated heterocycles. The number of nitrogens with one attached hydrogen (secondary N) is 1. The smallest absolute Gasteiger partial charge is 0.303 e. The number of aromatic nitrogens is 1. The quantitative estimate of drug-likeness (QED) is 0.122. The normalized spacial score (nSPS) is 11.5. The molecule has 0 aliphatic heterocycles. The van der Waals surface area contributed by atoms with Crippen LogP contribution in [0.2, 0.25) is 5.02 Å². The van der Waals surface area contributed by atoms with E-state index in [1.807, 2.05) is 25.1 Å². The number of carboxylic acids is 1. The van der Waals surface area contributed by atoms with Gasteiger partial charge in [-0.3, -0.25) is 9.59 Å². The molecule has 1 amide bonds. The number of carbonyl (C=O) groups excluding carboxylic acids is 1. The van der Waals surface area contributed by atoms with Gasteiger partial charge in [0.2, 0.25) is 5.91 Å². The third-order valence-electron chi connectivity index (χ3n) is 7.02. The molecule has 0 aliphatic rings. The van der Waals surface area contributed by atoms with Crippen molar-refractivity contribution in [2.75, 3.05) is 11.9 Å². The minimum atomic E-state index is -0.884. The molecule has 2 N–H and O–H groups in total. The van der Waals surface area contributed by atoms with E-state index in [0.717, 1.165) is 22.0 Å². The number of nitrogens with zero attached hydrogens (tertiary/aromatic N) is 1. The lowest BCUT2D eigenvalue weighted by Crippen LogP contribution is -2.11. The number of fused-ring (bicyclic) bond motifs is 1. The average Bonchev–Trinajstić information content (AvgIpc) is 3.40. The van der Waals surface area contributed by atoms with E-state index in [0.29, 0.717) is 22.9 Å². The highest BCUT2D eigenvalue weighted by Crippen LogP contribution is 2.32. The number of allylic oxidation sites excluding steroid dienone is 1. The van der Waals surface area contributed by atoms with Crippen molar-refractivity contribution >= 4 is 45.6 Å². The van der Waals surface area contributed by atoms with Crippen LogP contribution in [0.5, 0.6) is 5.75 Å². The summed E-state index contributed by atoms with van der Waals surface area (Å²) >= 11 is 6.16. The maximum atomic E-state index is 13.0. The molecule has 0 aliphatic carbocycles. The van der Waals surface area contributed by atoms with E-state index in [-0.39, 0.29) is 25.0 Å². The third-order valence-corrected chi connectivity index (χ3v) is 7.26. The van der Waals surface area contributed by atoms with E-state index in [2.05, 4.69) is 82.8 Å². The number of benzene rings is 4. The first-order valence-electron chi connectivity index (χ1n) is 13.7. The molecule has 0 atom stereocenters. The number of carbonyl (C=O) groups is 2. The van der Waals surface area contributed by atoms with Crippen LogP contribution < -0.4 is 10.1 Å². The fraction of sp³-hybridized carbons (Fsp3) is 0.143. The molecule has 0 saturated carbocycles. The van der Waals surface area contributed by atoms with Crippen molar-refractivity contribution in [3.05, 3.63) is 137 Å². The summed E-state index contributed by atoms with van der Waals surface area (Å²) in [4.78, 5) is 23.8. The number of hydrogen-bond acceptors (Lipinski definition) is 3. The molecule has 6 nitrogen and oxygen atoms in total. The molecule has 1 heterocycles. The molecular formula is C35H31ClN2O4. The Balaban J connectivity index is 1.37. The lowest BCUT2D eigenvalue weighted by Gasteiger charge is -2.21. The first-order valence-corrected chi connectivity index (χ1v) is 14.1. The van der Waals surface area contributed by atoms with Crippen LogP contribution in [-0.2, 0) is 9.59 Å². The van der Waals surface area contributed by atoms with Crippen LogP contribution in [0.25, 0.3) is 16.5 Å². The van der Waals surface area contributed by atoms with Crippen molar-refractivity contribution in [3.63, 3.8) is 0 Å². The zero-order valence-electron chi connectivity index (χ0n) is 23.2. The van der Waals surface area contributed by atoms with Gasteiger partial charge >= 0.3 is 5.97 Å². The van der Waals surface area contributed by atoms with Gasteiger partial charge in [0.15, 0.2) is 0 Å². The number of halogens is 1. The van der Waals surface area contributed by atoms with Crippen LogP contribution in [0, 0.1) is 0 Å². The van der Waals surface area contributed by atoms with E-state index in [1.54, 1.807) is 24.3 Å². The van der Waals surface area contributed by atoms with Crippen LogP contribution in [0.3, 0.4) is 0 Å². The lowest BCUT2D eigenvalue weighted by atomic mass is 9.98. The topological polar surface area (TPSA) is 80.6 Å². The fourth-order valence-electron chi connectivity index (χ4n) is 5.00. The summed E-state index contributed by atoms with van der Waals surface area (Å²) in [6, 6.07) is 34.2. The van der Waals surface area contributed by atoms with Crippen LogP contribution >= 0.6 is 11.6 Å². The highest BCUT2D eigenvalue weighted by atomic mass is 35.5. The standard InChI is InChI=1S/C35H31ClN2O4/c1-24(21-33(39)37-30-23-29(36)15-17-32(30)42-20-8-13-34(40)41)27-14-16-31-28(22-27)18-19-38(31)35(25-9-4-2-5-10-25)26-11-6-3-7-12-26/h2-7,9-12,14-19,21-23,35H,8,13,20H2,1H3,(H,37,39)(H,40,41)/b24-21+. The van der Waals surface area contributed by atoms with Crippen LogP contribution in [0.4, 0.5) is 5.69 Å². The Kier molecular flexibility index (Phi) is 9.05. The second-order valence-corrected chi connectivity index (χ2v) is 10.5. The Morgan fingerprint density at radius 2 is 1.62 bits per heavy atom. The van der Waals surface area contributed by atoms with Crippen molar-refractivity contribution in [2.45, 2.75) is 25.8 Å². The molecule has 0 spiro atoms. The van der Waals surface area contributed by atoms with Gasteiger partial charge in [0.25, 0.3) is 0 Å². The molecule has 7 heteroatoms. The summed E-state index contributed by atoms with van der Waals surface area (Å²) in [5.74, 6) is -0.778. The third kappa shape index (κ3) is 6.90. The number of aliphatic carboxylic acids is 1. The maximum Gasteiger partial charge on any atom is 0.303 e. The van der Waals surface area contributed by atoms with Gasteiger partial charge < -0.3 is 19.7 Å². The van der Waals surface area contributed by atoms with Crippen molar-refractivity contribution < 1.29 is 19.4 Å². The van der Waals surface area contributed by atoms with Crippen molar-refractivity contribution in [1.82, 2.24) is 4.57 Å². The van der Waals surface area contributed by atoms with Gasteiger partial charge in [-0.1, -0.05) is 78.3 Å². The molecule has 5 rings (SSSR count). The highest BCUT2D eigenvalue weighted by Gasteiger charge is 2.18. The molecule has 212 valence electrons. The summed E-state index contributed by atoms with van der Waals surface area (Å²) in [5.41, 5.74) is 5.65. The Morgan fingerprint density at radius 3 is 2.29 bits per heavy atom. The maximum absolute atomic E-state index is 13.0. The summed E-state index contributed by atoms with van der Waals surface area (Å²) in [6.45, 7) is 2.11. The number of ether oxygens (including phenoxy) is 1. The van der Waals surface area contributed by atoms with E-state index >= 15 is 0 Å². The SMILES string of the molecule is C/C(=C\C(=O)Nc1cc(Cl)ccc1OCCCC(=O)O)c1ccc2c(ccn2C(c2ccccc2)c2ccccc2)c1. The number of rotatable bonds is 11. The molecule has 0 radical (unpaired) electrons. The molecule has 1 aromatic heterocycles. The summed E-state index contributed by atoms with van der Waals surface area (Å²) in [6.07, 6.45) is 4.02. The van der Waals surface area contributed by atoms with Crippen molar-refractivity contribution in [2.24, 2.45) is 0 Å². The molecule has 0 bridgehead atoms. The van der Waals surface area contributed by atoms with Gasteiger partial charge in [0, 0.05) is 34.6 Å². The van der Waals surface area contributed by atoms with Gasteiger partial charge in [0.05, 0.1) is 18.3 Å². The number of hydrogen-bond donors (Lipinski definition) is 2. The van der Waals surface area contributed by atoms with Crippen molar-refractivity contribution in [3.8, 4) is 5.75 Å². The van der Waals surface area contributed by atoms with Crippen LogP contribution in [0.15, 0.2) is 115 Å². The minimum Gasteiger partial charge on any atom is -0.491 e. The zero-order valence-corrected chi connectivity index (χ0v) is 23.9. The second kappa shape index (κ2) is 13.2. The van der Waals surface area contributed by atoms with Crippen molar-refractivity contribution in [1.29, 1.82) is 0 Å². The van der Waals surface area contributed by atoms with E-state index < -0.39 is 5.97 Å². The Morgan fingerprint density at radius 1 is 0.929 bits per heavy atom. The van der Waals surface area contributed by atoms with E-state index in [9.17, 15) is 9.59 Å². The first kappa shape index (κ1) is 28.7. The Bertz CT molecular complexity index is 1690. The van der Waals surface area contributed by atoms with Crippen LogP contribution in [0.1, 0.15) is 42.5 Å². The van der Waals surface area contributed by atoms with Gasteiger partial charge in [0.1, 0.15) is 5.75 Å². The predicted molar refractivity (Wildman–Crippen MR) is 168 cm³/mol. The second-order valence-electron chi connectivity index (χ2n) is 10.0. The number of amides is 1. The summed E-state index contributed by atoms with van der Waals surface area (Å²) < 4.78 is 7.99.